The van der Waals surface area contributed by atoms with E-state index in [0.717, 1.165) is 15.3 Å². The van der Waals surface area contributed by atoms with Crippen molar-refractivity contribution in [1.82, 2.24) is 10.0 Å². The molecule has 0 spiro atoms. The average Bonchev–Trinajstić information content (AvgIpc) is 3.04. The van der Waals surface area contributed by atoms with E-state index in [0.29, 0.717) is 23.3 Å². The minimum Gasteiger partial charge on any atom is -0.310 e. The molecule has 2 aromatic heterocycles. The number of nitrogens with one attached hydrogen (secondary N) is 2. The third kappa shape index (κ3) is 4.62. The fraction of sp³-hybridized carbons (Fsp3) is 0.429. The van der Waals surface area contributed by atoms with Gasteiger partial charge >= 0.3 is 0 Å². The van der Waals surface area contributed by atoms with Gasteiger partial charge in [-0.25, -0.2) is 13.1 Å². The van der Waals surface area contributed by atoms with E-state index in [2.05, 4.69) is 23.9 Å². The lowest BCUT2D eigenvalue weighted by Crippen LogP contribution is -2.22. The van der Waals surface area contributed by atoms with Crippen molar-refractivity contribution >= 4 is 32.7 Å². The number of thiophene rings is 2. The quantitative estimate of drug-likeness (QED) is 0.811. The number of aryl methyl sites for hydroxylation is 1. The molecule has 0 bridgehead atoms. The highest BCUT2D eigenvalue weighted by molar-refractivity contribution is 7.91. The lowest BCUT2D eigenvalue weighted by atomic mass is 10.3. The molecule has 0 saturated heterocycles. The second kappa shape index (κ2) is 7.02. The number of hydrogen-bond acceptors (Lipinski definition) is 5. The summed E-state index contributed by atoms with van der Waals surface area (Å²) in [6, 6.07) is 5.96. The van der Waals surface area contributed by atoms with E-state index >= 15 is 0 Å². The molecule has 2 heterocycles. The molecule has 0 aliphatic heterocycles. The van der Waals surface area contributed by atoms with Crippen molar-refractivity contribution in [3.05, 3.63) is 38.9 Å². The first kappa shape index (κ1) is 16.6. The van der Waals surface area contributed by atoms with Gasteiger partial charge in [0.1, 0.15) is 4.21 Å². The topological polar surface area (TPSA) is 58.2 Å². The summed E-state index contributed by atoms with van der Waals surface area (Å²) in [6.07, 6.45) is 0. The third-order valence-electron chi connectivity index (χ3n) is 2.95. The molecular weight excluding hydrogens is 324 g/mol. The molecular formula is C14H20N2O2S3. The Morgan fingerprint density at radius 2 is 2.05 bits per heavy atom. The Morgan fingerprint density at radius 3 is 2.67 bits per heavy atom. The van der Waals surface area contributed by atoms with Crippen LogP contribution in [0, 0.1) is 6.92 Å². The number of hydrogen-bond donors (Lipinski definition) is 2. The van der Waals surface area contributed by atoms with Crippen LogP contribution in [0.2, 0.25) is 0 Å². The van der Waals surface area contributed by atoms with Gasteiger partial charge < -0.3 is 5.32 Å². The summed E-state index contributed by atoms with van der Waals surface area (Å²) in [4.78, 5) is 2.08. The lowest BCUT2D eigenvalue weighted by Gasteiger charge is -2.06. The van der Waals surface area contributed by atoms with E-state index in [1.165, 1.54) is 11.3 Å². The van der Waals surface area contributed by atoms with E-state index in [1.807, 2.05) is 24.4 Å². The maximum absolute atomic E-state index is 12.3. The van der Waals surface area contributed by atoms with Gasteiger partial charge in [0, 0.05) is 28.9 Å². The van der Waals surface area contributed by atoms with Crippen LogP contribution in [0.25, 0.3) is 0 Å². The van der Waals surface area contributed by atoms with Gasteiger partial charge in [-0.1, -0.05) is 19.9 Å². The highest BCUT2D eigenvalue weighted by atomic mass is 32.2. The Labute approximate surface area is 134 Å². The molecule has 0 atom stereocenters. The molecule has 0 radical (unpaired) electrons. The van der Waals surface area contributed by atoms with E-state index in [9.17, 15) is 8.42 Å². The summed E-state index contributed by atoms with van der Waals surface area (Å²) in [5.74, 6) is 0. The molecule has 0 aliphatic carbocycles. The first-order valence-electron chi connectivity index (χ1n) is 6.73. The molecule has 0 saturated carbocycles. The second-order valence-corrected chi connectivity index (χ2v) is 9.27. The summed E-state index contributed by atoms with van der Waals surface area (Å²) in [7, 11) is -3.43. The van der Waals surface area contributed by atoms with Crippen LogP contribution in [0.1, 0.15) is 29.2 Å². The van der Waals surface area contributed by atoms with Crippen molar-refractivity contribution in [1.29, 1.82) is 0 Å². The summed E-state index contributed by atoms with van der Waals surface area (Å²) in [6.45, 7) is 7.14. The van der Waals surface area contributed by atoms with Gasteiger partial charge in [-0.2, -0.15) is 0 Å². The van der Waals surface area contributed by atoms with Gasteiger partial charge in [0.05, 0.1) is 0 Å². The van der Waals surface area contributed by atoms with Crippen LogP contribution in [0.5, 0.6) is 0 Å². The maximum atomic E-state index is 12.3. The summed E-state index contributed by atoms with van der Waals surface area (Å²) >= 11 is 2.88. The van der Waals surface area contributed by atoms with Gasteiger partial charge in [-0.15, -0.1) is 22.7 Å². The van der Waals surface area contributed by atoms with Crippen molar-refractivity contribution in [2.45, 2.75) is 44.1 Å². The third-order valence-corrected chi connectivity index (χ3v) is 6.94. The number of sulfonamides is 1. The monoisotopic (exact) mass is 344 g/mol. The van der Waals surface area contributed by atoms with Crippen molar-refractivity contribution in [2.75, 3.05) is 0 Å². The lowest BCUT2D eigenvalue weighted by molar-refractivity contribution is 0.584. The van der Waals surface area contributed by atoms with Crippen LogP contribution < -0.4 is 10.0 Å². The fourth-order valence-electron chi connectivity index (χ4n) is 1.74. The molecule has 4 nitrogen and oxygen atoms in total. The van der Waals surface area contributed by atoms with Gasteiger partial charge in [0.2, 0.25) is 10.0 Å². The first-order valence-corrected chi connectivity index (χ1v) is 9.91. The van der Waals surface area contributed by atoms with Crippen LogP contribution in [0.15, 0.2) is 27.8 Å². The molecule has 2 N–H and O–H groups in total. The maximum Gasteiger partial charge on any atom is 0.250 e. The normalized spacial score (nSPS) is 12.2. The van der Waals surface area contributed by atoms with Gasteiger partial charge in [-0.05, 0) is 30.0 Å². The van der Waals surface area contributed by atoms with Crippen LogP contribution in [0.4, 0.5) is 0 Å². The van der Waals surface area contributed by atoms with Crippen molar-refractivity contribution in [3.8, 4) is 0 Å². The molecule has 21 heavy (non-hydrogen) atoms. The van der Waals surface area contributed by atoms with E-state index in [-0.39, 0.29) is 0 Å². The van der Waals surface area contributed by atoms with Gasteiger partial charge in [0.15, 0.2) is 0 Å². The number of rotatable bonds is 7. The zero-order valence-electron chi connectivity index (χ0n) is 12.3. The molecule has 0 aromatic carbocycles. The predicted molar refractivity (Wildman–Crippen MR) is 89.4 cm³/mol. The van der Waals surface area contributed by atoms with Crippen LogP contribution >= 0.6 is 22.7 Å². The van der Waals surface area contributed by atoms with E-state index in [1.54, 1.807) is 17.4 Å². The molecule has 116 valence electrons. The largest absolute Gasteiger partial charge is 0.310 e. The smallest absolute Gasteiger partial charge is 0.250 e. The molecule has 2 aromatic rings. The Kier molecular flexibility index (Phi) is 5.56. The average molecular weight is 345 g/mol. The highest BCUT2D eigenvalue weighted by Crippen LogP contribution is 2.26. The van der Waals surface area contributed by atoms with Crippen molar-refractivity contribution in [2.24, 2.45) is 0 Å². The van der Waals surface area contributed by atoms with Crippen LogP contribution in [0.3, 0.4) is 0 Å². The van der Waals surface area contributed by atoms with Crippen molar-refractivity contribution in [3.63, 3.8) is 0 Å². The first-order chi connectivity index (χ1) is 9.88. The summed E-state index contributed by atoms with van der Waals surface area (Å²) in [5.41, 5.74) is 1.02. The predicted octanol–water partition coefficient (Wildman–Crippen LogP) is 3.09. The Bertz CT molecular complexity index is 673. The highest BCUT2D eigenvalue weighted by Gasteiger charge is 2.18. The standard InChI is InChI=1S/C14H20N2O2S3/c1-10(2)15-9-13-11(3)7-14(20-13)21(17,18)16-8-12-5-4-6-19-12/h4-7,10,15-16H,8-9H2,1-3H3. The zero-order chi connectivity index (χ0) is 15.5. The molecule has 7 heteroatoms. The Morgan fingerprint density at radius 1 is 1.29 bits per heavy atom. The molecule has 0 fully saturated rings. The van der Waals surface area contributed by atoms with Crippen molar-refractivity contribution < 1.29 is 8.42 Å². The van der Waals surface area contributed by atoms with Gasteiger partial charge in [-0.3, -0.25) is 0 Å². The minimum absolute atomic E-state index is 0.344. The summed E-state index contributed by atoms with van der Waals surface area (Å²) in [5, 5.41) is 5.26. The summed E-state index contributed by atoms with van der Waals surface area (Å²) < 4.78 is 27.7. The molecule has 0 aliphatic rings. The molecule has 0 unspecified atom stereocenters. The minimum atomic E-state index is -3.43. The Balaban J connectivity index is 2.07. The zero-order valence-corrected chi connectivity index (χ0v) is 14.8. The van der Waals surface area contributed by atoms with Crippen LogP contribution in [-0.2, 0) is 23.1 Å². The molecule has 0 amide bonds. The van der Waals surface area contributed by atoms with Crippen LogP contribution in [-0.4, -0.2) is 14.5 Å². The molecule has 2 rings (SSSR count). The van der Waals surface area contributed by atoms with E-state index < -0.39 is 10.0 Å². The Hall–Kier alpha value is -0.730. The fourth-order valence-corrected chi connectivity index (χ4v) is 5.07. The van der Waals surface area contributed by atoms with E-state index in [4.69, 9.17) is 0 Å². The second-order valence-electron chi connectivity index (χ2n) is 5.11. The SMILES string of the molecule is Cc1cc(S(=O)(=O)NCc2cccs2)sc1CNC(C)C. The van der Waals surface area contributed by atoms with Gasteiger partial charge in [0.25, 0.3) is 0 Å².